The Morgan fingerprint density at radius 2 is 2.05 bits per heavy atom. The van der Waals surface area contributed by atoms with E-state index in [0.29, 0.717) is 11.3 Å². The summed E-state index contributed by atoms with van der Waals surface area (Å²) in [5.41, 5.74) is 2.62. The van der Waals surface area contributed by atoms with Crippen LogP contribution in [0.5, 0.6) is 0 Å². The van der Waals surface area contributed by atoms with Gasteiger partial charge in [-0.3, -0.25) is 9.59 Å². The third kappa shape index (κ3) is 2.95. The standard InChI is InChI=1S/C15H19N3O2S/c1-8-12(10(3)19)9(2)17-13(8)14(20)11(4)21-15-16-6-7-18(15)5/h6-7,11,17H,1-5H3/t11-/m0/s1. The predicted molar refractivity (Wildman–Crippen MR) is 83.1 cm³/mol. The highest BCUT2D eigenvalue weighted by Gasteiger charge is 2.24. The van der Waals surface area contributed by atoms with Crippen LogP contribution in [0.3, 0.4) is 0 Å². The number of aromatic amines is 1. The molecular weight excluding hydrogens is 286 g/mol. The molecule has 0 unspecified atom stereocenters. The van der Waals surface area contributed by atoms with Gasteiger partial charge >= 0.3 is 0 Å². The molecule has 0 aliphatic heterocycles. The summed E-state index contributed by atoms with van der Waals surface area (Å²) in [4.78, 5) is 31.5. The number of rotatable bonds is 5. The smallest absolute Gasteiger partial charge is 0.192 e. The number of hydrogen-bond acceptors (Lipinski definition) is 4. The molecule has 6 heteroatoms. The lowest BCUT2D eigenvalue weighted by Crippen LogP contribution is -2.16. The van der Waals surface area contributed by atoms with Crippen LogP contribution in [0.25, 0.3) is 0 Å². The molecule has 2 aromatic rings. The van der Waals surface area contributed by atoms with Gasteiger partial charge in [-0.15, -0.1) is 0 Å². The Hall–Kier alpha value is -1.82. The van der Waals surface area contributed by atoms with E-state index in [4.69, 9.17) is 0 Å². The number of carbonyl (C=O) groups is 2. The summed E-state index contributed by atoms with van der Waals surface area (Å²) in [5.74, 6) is -0.0409. The molecule has 0 spiro atoms. The van der Waals surface area contributed by atoms with Crippen LogP contribution < -0.4 is 0 Å². The van der Waals surface area contributed by atoms with Crippen molar-refractivity contribution in [2.45, 2.75) is 38.1 Å². The number of aromatic nitrogens is 3. The topological polar surface area (TPSA) is 67.8 Å². The summed E-state index contributed by atoms with van der Waals surface area (Å²) in [7, 11) is 1.89. The molecule has 2 heterocycles. The summed E-state index contributed by atoms with van der Waals surface area (Å²) in [6, 6.07) is 0. The maximum Gasteiger partial charge on any atom is 0.192 e. The fourth-order valence-corrected chi connectivity index (χ4v) is 3.29. The predicted octanol–water partition coefficient (Wildman–Crippen LogP) is 2.93. The van der Waals surface area contributed by atoms with E-state index < -0.39 is 0 Å². The second kappa shape index (κ2) is 5.89. The van der Waals surface area contributed by atoms with Crippen LogP contribution in [0.2, 0.25) is 0 Å². The number of thioether (sulfide) groups is 1. The Kier molecular flexibility index (Phi) is 4.37. The second-order valence-corrected chi connectivity index (χ2v) is 6.43. The average molecular weight is 305 g/mol. The number of nitrogens with zero attached hydrogens (tertiary/aromatic N) is 2. The van der Waals surface area contributed by atoms with Crippen LogP contribution in [-0.4, -0.2) is 31.4 Å². The van der Waals surface area contributed by atoms with Gasteiger partial charge in [-0.2, -0.15) is 0 Å². The van der Waals surface area contributed by atoms with Crippen molar-refractivity contribution >= 4 is 23.3 Å². The maximum absolute atomic E-state index is 12.6. The van der Waals surface area contributed by atoms with E-state index >= 15 is 0 Å². The molecule has 21 heavy (non-hydrogen) atoms. The Morgan fingerprint density at radius 1 is 1.38 bits per heavy atom. The van der Waals surface area contributed by atoms with Gasteiger partial charge in [0, 0.05) is 30.7 Å². The number of Topliss-reactive ketones (excluding diaryl/α,β-unsaturated/α-hetero) is 2. The summed E-state index contributed by atoms with van der Waals surface area (Å²) in [6.45, 7) is 7.00. The normalized spacial score (nSPS) is 12.4. The first-order valence-electron chi connectivity index (χ1n) is 6.71. The number of hydrogen-bond donors (Lipinski definition) is 1. The minimum atomic E-state index is -0.275. The second-order valence-electron chi connectivity index (χ2n) is 5.13. The molecule has 1 atom stereocenters. The first-order chi connectivity index (χ1) is 9.82. The van der Waals surface area contributed by atoms with Gasteiger partial charge in [0.05, 0.1) is 10.9 Å². The molecule has 0 aromatic carbocycles. The molecule has 2 aromatic heterocycles. The minimum Gasteiger partial charge on any atom is -0.355 e. The summed E-state index contributed by atoms with van der Waals surface area (Å²) in [6.07, 6.45) is 3.55. The van der Waals surface area contributed by atoms with Crippen LogP contribution in [0.4, 0.5) is 0 Å². The molecule has 112 valence electrons. The van der Waals surface area contributed by atoms with Gasteiger partial charge in [-0.1, -0.05) is 11.8 Å². The largest absolute Gasteiger partial charge is 0.355 e. The monoisotopic (exact) mass is 305 g/mol. The minimum absolute atomic E-state index is 0.0175. The molecule has 1 N–H and O–H groups in total. The molecular formula is C15H19N3O2S. The molecule has 0 fully saturated rings. The van der Waals surface area contributed by atoms with Crippen molar-refractivity contribution in [2.75, 3.05) is 0 Å². The van der Waals surface area contributed by atoms with Crippen molar-refractivity contribution in [1.29, 1.82) is 0 Å². The van der Waals surface area contributed by atoms with Crippen molar-refractivity contribution in [1.82, 2.24) is 14.5 Å². The van der Waals surface area contributed by atoms with E-state index in [-0.39, 0.29) is 16.8 Å². The van der Waals surface area contributed by atoms with Gasteiger partial charge in [0.2, 0.25) is 0 Å². The zero-order valence-corrected chi connectivity index (χ0v) is 13.7. The van der Waals surface area contributed by atoms with Crippen molar-refractivity contribution in [3.8, 4) is 0 Å². The Morgan fingerprint density at radius 3 is 2.52 bits per heavy atom. The van der Waals surface area contributed by atoms with Gasteiger partial charge in [0.15, 0.2) is 16.7 Å². The van der Waals surface area contributed by atoms with Crippen LogP contribution in [0, 0.1) is 13.8 Å². The zero-order valence-electron chi connectivity index (χ0n) is 12.9. The number of carbonyl (C=O) groups excluding carboxylic acids is 2. The molecule has 0 aliphatic rings. The van der Waals surface area contributed by atoms with Gasteiger partial charge < -0.3 is 9.55 Å². The van der Waals surface area contributed by atoms with Crippen molar-refractivity contribution in [3.63, 3.8) is 0 Å². The molecule has 0 amide bonds. The van der Waals surface area contributed by atoms with E-state index in [2.05, 4.69) is 9.97 Å². The van der Waals surface area contributed by atoms with E-state index in [0.717, 1.165) is 16.4 Å². The van der Waals surface area contributed by atoms with E-state index in [1.54, 1.807) is 6.20 Å². The van der Waals surface area contributed by atoms with Crippen molar-refractivity contribution in [3.05, 3.63) is 34.9 Å². The highest BCUT2D eigenvalue weighted by atomic mass is 32.2. The van der Waals surface area contributed by atoms with Crippen LogP contribution >= 0.6 is 11.8 Å². The SMILES string of the molecule is CC(=O)c1c(C)[nH]c(C(=O)[C@H](C)Sc2nccn2C)c1C. The van der Waals surface area contributed by atoms with E-state index in [9.17, 15) is 9.59 Å². The Bertz CT molecular complexity index is 700. The number of aryl methyl sites for hydroxylation is 2. The Balaban J connectivity index is 2.26. The maximum atomic E-state index is 12.6. The molecule has 0 saturated carbocycles. The van der Waals surface area contributed by atoms with Crippen molar-refractivity contribution < 1.29 is 9.59 Å². The first-order valence-corrected chi connectivity index (χ1v) is 7.59. The lowest BCUT2D eigenvalue weighted by Gasteiger charge is -2.09. The number of imidazole rings is 1. The fraction of sp³-hybridized carbons (Fsp3) is 0.400. The highest BCUT2D eigenvalue weighted by molar-refractivity contribution is 8.00. The molecule has 0 aliphatic carbocycles. The van der Waals surface area contributed by atoms with Crippen molar-refractivity contribution in [2.24, 2.45) is 7.05 Å². The fourth-order valence-electron chi connectivity index (χ4n) is 2.40. The number of nitrogens with one attached hydrogen (secondary N) is 1. The lowest BCUT2D eigenvalue weighted by molar-refractivity contribution is 0.0988. The van der Waals surface area contributed by atoms with E-state index in [1.165, 1.54) is 18.7 Å². The van der Waals surface area contributed by atoms with Crippen LogP contribution in [-0.2, 0) is 7.05 Å². The summed E-state index contributed by atoms with van der Waals surface area (Å²) < 4.78 is 1.88. The van der Waals surface area contributed by atoms with Crippen LogP contribution in [0.1, 0.15) is 46.0 Å². The van der Waals surface area contributed by atoms with Gasteiger partial charge in [-0.25, -0.2) is 4.98 Å². The molecule has 5 nitrogen and oxygen atoms in total. The summed E-state index contributed by atoms with van der Waals surface area (Å²) in [5, 5.41) is 0.520. The van der Waals surface area contributed by atoms with Crippen LogP contribution in [0.15, 0.2) is 17.6 Å². The third-order valence-corrected chi connectivity index (χ3v) is 4.64. The number of H-pyrrole nitrogens is 1. The zero-order chi connectivity index (χ0) is 15.7. The lowest BCUT2D eigenvalue weighted by atomic mass is 10.0. The van der Waals surface area contributed by atoms with Gasteiger partial charge in [-0.05, 0) is 33.3 Å². The Labute approximate surface area is 128 Å². The average Bonchev–Trinajstić information content (AvgIpc) is 2.92. The molecule has 0 saturated heterocycles. The quantitative estimate of drug-likeness (QED) is 0.681. The van der Waals surface area contributed by atoms with E-state index in [1.807, 2.05) is 38.6 Å². The third-order valence-electron chi connectivity index (χ3n) is 3.46. The molecule has 0 bridgehead atoms. The highest BCUT2D eigenvalue weighted by Crippen LogP contribution is 2.26. The molecule has 2 rings (SSSR count). The number of ketones is 2. The van der Waals surface area contributed by atoms with Gasteiger partial charge in [0.1, 0.15) is 0 Å². The first kappa shape index (κ1) is 15.6. The molecule has 0 radical (unpaired) electrons. The van der Waals surface area contributed by atoms with Gasteiger partial charge in [0.25, 0.3) is 0 Å². The summed E-state index contributed by atoms with van der Waals surface area (Å²) >= 11 is 1.41.